The van der Waals surface area contributed by atoms with Crippen molar-refractivity contribution >= 4 is 5.97 Å². The topological polar surface area (TPSA) is 35.5 Å². The normalized spacial score (nSPS) is 13.1. The highest BCUT2D eigenvalue weighted by Gasteiger charge is 2.35. The quantitative estimate of drug-likeness (QED) is 0.216. The fraction of sp³-hybridized carbons (Fsp3) is 0.550. The van der Waals surface area contributed by atoms with Gasteiger partial charge in [-0.25, -0.2) is 0 Å². The van der Waals surface area contributed by atoms with Gasteiger partial charge in [-0.2, -0.15) is 0 Å². The molecule has 0 bridgehead atoms. The number of esters is 1. The van der Waals surface area contributed by atoms with Gasteiger partial charge in [-0.1, -0.05) is 51.0 Å². The summed E-state index contributed by atoms with van der Waals surface area (Å²) in [4.78, 5) is 12.2. The summed E-state index contributed by atoms with van der Waals surface area (Å²) in [7, 11) is 0. The molecule has 0 aliphatic heterocycles. The average Bonchev–Trinajstić information content (AvgIpc) is 2.54. The summed E-state index contributed by atoms with van der Waals surface area (Å²) in [6.45, 7) is 7.97. The second kappa shape index (κ2) is 10.9. The molecule has 3 nitrogen and oxygen atoms in total. The number of carbonyl (C=O) groups excluding carboxylic acids is 1. The van der Waals surface area contributed by atoms with Crippen LogP contribution in [0, 0.1) is 0 Å². The number of ether oxygens (including phenoxy) is 2. The van der Waals surface area contributed by atoms with Crippen LogP contribution in [0.4, 0.5) is 0 Å². The SMILES string of the molecule is C=CCCC(CCC)(OC(=O)CCCCC)Oc1ccccc1. The number of unbranched alkanes of at least 4 members (excludes halogenated alkanes) is 2. The standard InChI is InChI=1S/C20H30O3/c1-4-7-10-15-19(21)23-20(16-6-3,17-8-5-2)22-18-13-11-9-12-14-18/h5,9,11-14H,2,4,6-8,10,15-17H2,1,3H3. The van der Waals surface area contributed by atoms with E-state index in [0.29, 0.717) is 19.3 Å². The van der Waals surface area contributed by atoms with Crippen LogP contribution >= 0.6 is 0 Å². The molecule has 128 valence electrons. The highest BCUT2D eigenvalue weighted by molar-refractivity contribution is 5.69. The lowest BCUT2D eigenvalue weighted by atomic mass is 10.0. The molecule has 0 spiro atoms. The van der Waals surface area contributed by atoms with E-state index >= 15 is 0 Å². The Morgan fingerprint density at radius 3 is 2.48 bits per heavy atom. The largest absolute Gasteiger partial charge is 0.452 e. The van der Waals surface area contributed by atoms with Crippen molar-refractivity contribution in [3.05, 3.63) is 43.0 Å². The molecule has 0 N–H and O–H groups in total. The molecule has 0 radical (unpaired) electrons. The molecule has 1 atom stereocenters. The van der Waals surface area contributed by atoms with Gasteiger partial charge in [0, 0.05) is 19.3 Å². The maximum Gasteiger partial charge on any atom is 0.309 e. The predicted molar refractivity (Wildman–Crippen MR) is 94.4 cm³/mol. The van der Waals surface area contributed by atoms with E-state index in [4.69, 9.17) is 9.47 Å². The molecule has 1 rings (SSSR count). The van der Waals surface area contributed by atoms with Gasteiger partial charge in [0.15, 0.2) is 0 Å². The first-order valence-electron chi connectivity index (χ1n) is 8.72. The minimum absolute atomic E-state index is 0.174. The summed E-state index contributed by atoms with van der Waals surface area (Å²) in [5, 5.41) is 0. The third-order valence-electron chi connectivity index (χ3n) is 3.69. The van der Waals surface area contributed by atoms with Crippen LogP contribution in [0.15, 0.2) is 43.0 Å². The Morgan fingerprint density at radius 1 is 1.13 bits per heavy atom. The first-order chi connectivity index (χ1) is 11.2. The molecular weight excluding hydrogens is 288 g/mol. The molecule has 23 heavy (non-hydrogen) atoms. The van der Waals surface area contributed by atoms with Crippen molar-refractivity contribution in [1.29, 1.82) is 0 Å². The van der Waals surface area contributed by atoms with Gasteiger partial charge in [-0.05, 0) is 31.4 Å². The molecule has 0 heterocycles. The molecule has 0 aromatic heterocycles. The molecular formula is C20H30O3. The molecule has 0 fully saturated rings. The van der Waals surface area contributed by atoms with Gasteiger partial charge in [0.25, 0.3) is 5.79 Å². The first kappa shape index (κ1) is 19.3. The Balaban J connectivity index is 2.83. The Morgan fingerprint density at radius 2 is 1.87 bits per heavy atom. The van der Waals surface area contributed by atoms with Gasteiger partial charge < -0.3 is 9.47 Å². The molecule has 0 saturated carbocycles. The fourth-order valence-electron chi connectivity index (χ4n) is 2.53. The number of hydrogen-bond acceptors (Lipinski definition) is 3. The van der Waals surface area contributed by atoms with E-state index in [0.717, 1.165) is 37.9 Å². The maximum atomic E-state index is 12.2. The van der Waals surface area contributed by atoms with Crippen molar-refractivity contribution in [3.63, 3.8) is 0 Å². The van der Waals surface area contributed by atoms with Crippen molar-refractivity contribution in [2.75, 3.05) is 0 Å². The van der Waals surface area contributed by atoms with Crippen LogP contribution in [0.25, 0.3) is 0 Å². The average molecular weight is 318 g/mol. The molecule has 0 amide bonds. The monoisotopic (exact) mass is 318 g/mol. The van der Waals surface area contributed by atoms with E-state index in [1.54, 1.807) is 0 Å². The number of carbonyl (C=O) groups is 1. The minimum atomic E-state index is -0.895. The summed E-state index contributed by atoms with van der Waals surface area (Å²) in [6, 6.07) is 9.56. The summed E-state index contributed by atoms with van der Waals surface area (Å²) in [6.07, 6.45) is 8.21. The van der Waals surface area contributed by atoms with Crippen molar-refractivity contribution in [2.45, 2.75) is 71.0 Å². The van der Waals surface area contributed by atoms with Crippen molar-refractivity contribution < 1.29 is 14.3 Å². The third-order valence-corrected chi connectivity index (χ3v) is 3.69. The summed E-state index contributed by atoms with van der Waals surface area (Å²) >= 11 is 0. The van der Waals surface area contributed by atoms with E-state index in [1.807, 2.05) is 36.4 Å². The van der Waals surface area contributed by atoms with Crippen LogP contribution in [0.2, 0.25) is 0 Å². The van der Waals surface area contributed by atoms with Crippen molar-refractivity contribution in [3.8, 4) is 5.75 Å². The number of hydrogen-bond donors (Lipinski definition) is 0. The second-order valence-corrected chi connectivity index (χ2v) is 5.83. The first-order valence-corrected chi connectivity index (χ1v) is 8.72. The minimum Gasteiger partial charge on any atom is -0.452 e. The predicted octanol–water partition coefficient (Wildman–Crippen LogP) is 5.65. The zero-order chi connectivity index (χ0) is 17.0. The number of allylic oxidation sites excluding steroid dienone is 1. The van der Waals surface area contributed by atoms with Crippen LogP contribution < -0.4 is 4.74 Å². The maximum absolute atomic E-state index is 12.2. The number of benzene rings is 1. The molecule has 1 unspecified atom stereocenters. The zero-order valence-corrected chi connectivity index (χ0v) is 14.6. The summed E-state index contributed by atoms with van der Waals surface area (Å²) in [5.41, 5.74) is 0. The van der Waals surface area contributed by atoms with Gasteiger partial charge >= 0.3 is 5.97 Å². The summed E-state index contributed by atoms with van der Waals surface area (Å²) < 4.78 is 12.0. The Bertz CT molecular complexity index is 455. The Kier molecular flexibility index (Phi) is 9.11. The molecule has 0 saturated heterocycles. The van der Waals surface area contributed by atoms with E-state index in [-0.39, 0.29) is 5.97 Å². The lowest BCUT2D eigenvalue weighted by Gasteiger charge is -2.33. The van der Waals surface area contributed by atoms with Gasteiger partial charge in [0.2, 0.25) is 0 Å². The van der Waals surface area contributed by atoms with Gasteiger partial charge in [0.05, 0.1) is 0 Å². The van der Waals surface area contributed by atoms with E-state index < -0.39 is 5.79 Å². The van der Waals surface area contributed by atoms with Crippen LogP contribution in [0.3, 0.4) is 0 Å². The van der Waals surface area contributed by atoms with Gasteiger partial charge in [-0.15, -0.1) is 6.58 Å². The van der Waals surface area contributed by atoms with E-state index in [9.17, 15) is 4.79 Å². The van der Waals surface area contributed by atoms with Crippen LogP contribution in [-0.4, -0.2) is 11.8 Å². The van der Waals surface area contributed by atoms with Gasteiger partial charge in [0.1, 0.15) is 5.75 Å². The smallest absolute Gasteiger partial charge is 0.309 e. The molecule has 3 heteroatoms. The second-order valence-electron chi connectivity index (χ2n) is 5.83. The van der Waals surface area contributed by atoms with Crippen molar-refractivity contribution in [2.24, 2.45) is 0 Å². The lowest BCUT2D eigenvalue weighted by Crippen LogP contribution is -2.41. The molecule has 1 aromatic carbocycles. The van der Waals surface area contributed by atoms with Crippen LogP contribution in [0.5, 0.6) is 5.75 Å². The Hall–Kier alpha value is -1.77. The van der Waals surface area contributed by atoms with Crippen LogP contribution in [-0.2, 0) is 9.53 Å². The van der Waals surface area contributed by atoms with Crippen LogP contribution in [0.1, 0.15) is 65.2 Å². The zero-order valence-electron chi connectivity index (χ0n) is 14.6. The fourth-order valence-corrected chi connectivity index (χ4v) is 2.53. The van der Waals surface area contributed by atoms with E-state index in [2.05, 4.69) is 20.4 Å². The third kappa shape index (κ3) is 7.36. The highest BCUT2D eigenvalue weighted by atomic mass is 16.7. The molecule has 0 aliphatic rings. The summed E-state index contributed by atoms with van der Waals surface area (Å²) in [5.74, 6) is -0.341. The number of rotatable bonds is 12. The number of para-hydroxylation sites is 1. The Labute approximate surface area is 140 Å². The van der Waals surface area contributed by atoms with E-state index in [1.165, 1.54) is 0 Å². The molecule has 1 aromatic rings. The highest BCUT2D eigenvalue weighted by Crippen LogP contribution is 2.29. The van der Waals surface area contributed by atoms with Gasteiger partial charge in [-0.3, -0.25) is 4.79 Å². The van der Waals surface area contributed by atoms with Crippen molar-refractivity contribution in [1.82, 2.24) is 0 Å². The lowest BCUT2D eigenvalue weighted by molar-refractivity contribution is -0.203. The molecule has 0 aliphatic carbocycles.